The third-order valence-corrected chi connectivity index (χ3v) is 3.19. The van der Waals surface area contributed by atoms with Crippen LogP contribution in [0.1, 0.15) is 52.7 Å². The van der Waals surface area contributed by atoms with Crippen LogP contribution in [-0.2, 0) is 10.8 Å². The first-order valence-electron chi connectivity index (χ1n) is 7.17. The highest BCUT2D eigenvalue weighted by Gasteiger charge is 2.12. The summed E-state index contributed by atoms with van der Waals surface area (Å²) in [5.41, 5.74) is 3.28. The molecule has 0 N–H and O–H groups in total. The molecule has 1 aromatic heterocycles. The van der Waals surface area contributed by atoms with E-state index in [1.165, 1.54) is 11.1 Å². The van der Waals surface area contributed by atoms with Gasteiger partial charge in [-0.2, -0.15) is 0 Å². The molecule has 1 heteroatoms. The molecule has 0 bridgehead atoms. The van der Waals surface area contributed by atoms with Gasteiger partial charge in [0.1, 0.15) is 0 Å². The maximum Gasteiger partial charge on any atom is 0.0270 e. The number of rotatable bonds is 0. The van der Waals surface area contributed by atoms with Gasteiger partial charge in [-0.05, 0) is 34.1 Å². The van der Waals surface area contributed by atoms with Gasteiger partial charge in [0, 0.05) is 12.4 Å². The van der Waals surface area contributed by atoms with Gasteiger partial charge >= 0.3 is 0 Å². The van der Waals surface area contributed by atoms with E-state index in [1.54, 1.807) is 0 Å². The second-order valence-corrected chi connectivity index (χ2v) is 7.10. The molecule has 0 aliphatic carbocycles. The fourth-order valence-corrected chi connectivity index (χ4v) is 1.79. The Labute approximate surface area is 124 Å². The van der Waals surface area contributed by atoms with E-state index < -0.39 is 0 Å². The minimum absolute atomic E-state index is 0.253. The van der Waals surface area contributed by atoms with Crippen molar-refractivity contribution in [1.82, 2.24) is 4.98 Å². The Bertz CT molecular complexity index is 437. The fraction of sp³-hybridized carbons (Fsp3) is 0.421. The second-order valence-electron chi connectivity index (χ2n) is 7.10. The summed E-state index contributed by atoms with van der Waals surface area (Å²) in [5, 5.41) is 0. The lowest BCUT2D eigenvalue weighted by molar-refractivity contribution is 0.589. The van der Waals surface area contributed by atoms with Gasteiger partial charge in [0.15, 0.2) is 0 Å². The molecule has 1 aromatic carbocycles. The third kappa shape index (κ3) is 5.56. The highest BCUT2D eigenvalue weighted by molar-refractivity contribution is 5.22. The van der Waals surface area contributed by atoms with E-state index in [4.69, 9.17) is 0 Å². The van der Waals surface area contributed by atoms with Crippen molar-refractivity contribution >= 4 is 0 Å². The predicted octanol–water partition coefficient (Wildman–Crippen LogP) is 5.36. The van der Waals surface area contributed by atoms with E-state index in [-0.39, 0.29) is 5.41 Å². The summed E-state index contributed by atoms with van der Waals surface area (Å²) in [7, 11) is 0. The quantitative estimate of drug-likeness (QED) is 0.627. The average molecular weight is 269 g/mol. The largest absolute Gasteiger partial charge is 0.265 e. The Kier molecular flexibility index (Phi) is 5.50. The van der Waals surface area contributed by atoms with Crippen LogP contribution < -0.4 is 0 Å². The van der Waals surface area contributed by atoms with Crippen LogP contribution in [0.3, 0.4) is 0 Å². The Balaban J connectivity index is 0.000000200. The first-order valence-corrected chi connectivity index (χ1v) is 7.17. The number of benzene rings is 1. The first-order chi connectivity index (χ1) is 9.21. The molecule has 108 valence electrons. The highest BCUT2D eigenvalue weighted by Crippen LogP contribution is 2.21. The number of hydrogen-bond donors (Lipinski definition) is 0. The zero-order valence-electron chi connectivity index (χ0n) is 13.6. The first kappa shape index (κ1) is 16.4. The Morgan fingerprint density at radius 1 is 0.600 bits per heavy atom. The lowest BCUT2D eigenvalue weighted by atomic mass is 9.87. The maximum absolute atomic E-state index is 3.96. The predicted molar refractivity (Wildman–Crippen MR) is 88.1 cm³/mol. The van der Waals surface area contributed by atoms with Crippen molar-refractivity contribution in [3.63, 3.8) is 0 Å². The molecule has 20 heavy (non-hydrogen) atoms. The monoisotopic (exact) mass is 269 g/mol. The molecule has 0 unspecified atom stereocenters. The minimum atomic E-state index is 0.253. The van der Waals surface area contributed by atoms with Crippen molar-refractivity contribution in [2.24, 2.45) is 0 Å². The van der Waals surface area contributed by atoms with Gasteiger partial charge in [-0.15, -0.1) is 0 Å². The standard InChI is InChI=1S/C10H14.C9H13N/c1-10(2,3)9-7-5-4-6-8-9;1-9(2,3)8-4-6-10-7-5-8/h4-8H,1-3H3;4-7H,1-3H3. The molecule has 0 spiro atoms. The van der Waals surface area contributed by atoms with Gasteiger partial charge in [0.25, 0.3) is 0 Å². The van der Waals surface area contributed by atoms with Crippen LogP contribution in [0, 0.1) is 0 Å². The van der Waals surface area contributed by atoms with Crippen molar-refractivity contribution in [2.75, 3.05) is 0 Å². The molecule has 0 aliphatic heterocycles. The molecule has 1 nitrogen and oxygen atoms in total. The zero-order valence-corrected chi connectivity index (χ0v) is 13.6. The molecule has 0 amide bonds. The molecule has 0 saturated carbocycles. The van der Waals surface area contributed by atoms with Gasteiger partial charge in [-0.1, -0.05) is 71.9 Å². The smallest absolute Gasteiger partial charge is 0.0270 e. The molecule has 0 saturated heterocycles. The Morgan fingerprint density at radius 2 is 1.00 bits per heavy atom. The van der Waals surface area contributed by atoms with Crippen LogP contribution >= 0.6 is 0 Å². The van der Waals surface area contributed by atoms with Crippen molar-refractivity contribution in [3.05, 3.63) is 66.0 Å². The summed E-state index contributed by atoms with van der Waals surface area (Å²) in [6.45, 7) is 13.3. The van der Waals surface area contributed by atoms with Gasteiger partial charge in [-0.3, -0.25) is 4.98 Å². The summed E-state index contributed by atoms with van der Waals surface area (Å²) in [4.78, 5) is 3.96. The van der Waals surface area contributed by atoms with E-state index in [0.717, 1.165) is 0 Å². The number of aromatic nitrogens is 1. The van der Waals surface area contributed by atoms with Crippen LogP contribution in [0.25, 0.3) is 0 Å². The highest BCUT2D eigenvalue weighted by atomic mass is 14.6. The van der Waals surface area contributed by atoms with Crippen molar-refractivity contribution in [2.45, 2.75) is 52.4 Å². The summed E-state index contributed by atoms with van der Waals surface area (Å²) < 4.78 is 0. The fourth-order valence-electron chi connectivity index (χ4n) is 1.79. The lowest BCUT2D eigenvalue weighted by Crippen LogP contribution is -2.10. The molecule has 0 atom stereocenters. The number of pyridine rings is 1. The zero-order chi connectivity index (χ0) is 15.2. The van der Waals surface area contributed by atoms with E-state index in [2.05, 4.69) is 89.0 Å². The summed E-state index contributed by atoms with van der Waals surface area (Å²) >= 11 is 0. The topological polar surface area (TPSA) is 12.9 Å². The van der Waals surface area contributed by atoms with Gasteiger partial charge < -0.3 is 0 Å². The maximum atomic E-state index is 3.96. The van der Waals surface area contributed by atoms with Gasteiger partial charge in [0.2, 0.25) is 0 Å². The molecule has 0 fully saturated rings. The summed E-state index contributed by atoms with van der Waals surface area (Å²) in [6.07, 6.45) is 3.67. The molecule has 0 radical (unpaired) electrons. The molecule has 0 aliphatic rings. The Hall–Kier alpha value is -1.63. The van der Waals surface area contributed by atoms with E-state index in [9.17, 15) is 0 Å². The summed E-state index contributed by atoms with van der Waals surface area (Å²) in [5.74, 6) is 0. The SMILES string of the molecule is CC(C)(C)c1ccccc1.CC(C)(C)c1ccncc1. The molecular formula is C19H27N. The van der Waals surface area contributed by atoms with E-state index >= 15 is 0 Å². The van der Waals surface area contributed by atoms with Crippen molar-refractivity contribution < 1.29 is 0 Å². The van der Waals surface area contributed by atoms with Crippen molar-refractivity contribution in [3.8, 4) is 0 Å². The normalized spacial score (nSPS) is 11.5. The van der Waals surface area contributed by atoms with Gasteiger partial charge in [-0.25, -0.2) is 0 Å². The lowest BCUT2D eigenvalue weighted by Gasteiger charge is -2.18. The molecule has 1 heterocycles. The van der Waals surface area contributed by atoms with Crippen LogP contribution in [0.2, 0.25) is 0 Å². The van der Waals surface area contributed by atoms with Crippen molar-refractivity contribution in [1.29, 1.82) is 0 Å². The van der Waals surface area contributed by atoms with Gasteiger partial charge in [0.05, 0.1) is 0 Å². The second kappa shape index (κ2) is 6.69. The van der Waals surface area contributed by atoms with Crippen LogP contribution in [0.15, 0.2) is 54.9 Å². The van der Waals surface area contributed by atoms with E-state index in [0.29, 0.717) is 5.41 Å². The third-order valence-electron chi connectivity index (χ3n) is 3.19. The minimum Gasteiger partial charge on any atom is -0.265 e. The van der Waals surface area contributed by atoms with Crippen LogP contribution in [-0.4, -0.2) is 4.98 Å². The molecule has 2 aromatic rings. The van der Waals surface area contributed by atoms with Crippen LogP contribution in [0.5, 0.6) is 0 Å². The molecule has 2 rings (SSSR count). The summed E-state index contributed by atoms with van der Waals surface area (Å²) in [6, 6.07) is 14.7. The van der Waals surface area contributed by atoms with E-state index in [1.807, 2.05) is 12.4 Å². The average Bonchev–Trinajstić information content (AvgIpc) is 2.40. The number of hydrogen-bond acceptors (Lipinski definition) is 1. The van der Waals surface area contributed by atoms with Crippen LogP contribution in [0.4, 0.5) is 0 Å². The Morgan fingerprint density at radius 3 is 1.30 bits per heavy atom. The number of nitrogens with zero attached hydrogens (tertiary/aromatic N) is 1. The molecular weight excluding hydrogens is 242 g/mol.